The lowest BCUT2D eigenvalue weighted by molar-refractivity contribution is 0.415. The van der Waals surface area contributed by atoms with Gasteiger partial charge in [-0.2, -0.15) is 5.10 Å². The van der Waals surface area contributed by atoms with Crippen LogP contribution in [0.4, 0.5) is 0 Å². The number of nitrogens with zero attached hydrogens (tertiary/aromatic N) is 3. The average Bonchev–Trinajstić information content (AvgIpc) is 3.48. The van der Waals surface area contributed by atoms with Crippen molar-refractivity contribution >= 4 is 56.9 Å². The number of H-pyrrole nitrogens is 1. The molecule has 0 bridgehead atoms. The van der Waals surface area contributed by atoms with Gasteiger partial charge in [0.2, 0.25) is 0 Å². The molecule has 5 aromatic rings. The minimum Gasteiger partial charge on any atom is -0.497 e. The third-order valence-electron chi connectivity index (χ3n) is 5.13. The summed E-state index contributed by atoms with van der Waals surface area (Å²) in [7, 11) is -1.64. The molecule has 0 aliphatic rings. The molecule has 0 unspecified atom stereocenters. The van der Waals surface area contributed by atoms with Crippen LogP contribution >= 0.6 is 36.2 Å². The number of benzene rings is 2. The van der Waals surface area contributed by atoms with E-state index in [0.29, 0.717) is 9.90 Å². The Morgan fingerprint density at radius 2 is 1.65 bits per heavy atom. The first-order chi connectivity index (χ1) is 15.4. The van der Waals surface area contributed by atoms with E-state index in [-0.39, 0.29) is 24.8 Å². The predicted octanol–water partition coefficient (Wildman–Crippen LogP) is 5.67. The molecule has 0 radical (unpaired) electrons. The van der Waals surface area contributed by atoms with E-state index in [1.165, 1.54) is 23.9 Å². The van der Waals surface area contributed by atoms with Crippen LogP contribution in [0.25, 0.3) is 43.9 Å². The lowest BCUT2D eigenvalue weighted by Gasteiger charge is -2.08. The van der Waals surface area contributed by atoms with Crippen LogP contribution in [0.5, 0.6) is 5.75 Å². The summed E-state index contributed by atoms with van der Waals surface area (Å²) in [5.74, 6) is 0.780. The molecule has 0 atom stereocenters. The molecule has 0 fully saturated rings. The van der Waals surface area contributed by atoms with Crippen molar-refractivity contribution in [1.82, 2.24) is 20.2 Å². The highest BCUT2D eigenvalue weighted by Gasteiger charge is 2.16. The van der Waals surface area contributed by atoms with Crippen molar-refractivity contribution in [1.29, 1.82) is 0 Å². The van der Waals surface area contributed by atoms with Crippen molar-refractivity contribution in [3.8, 4) is 38.7 Å². The van der Waals surface area contributed by atoms with Gasteiger partial charge < -0.3 is 4.74 Å². The maximum absolute atomic E-state index is 11.9. The molecule has 0 aliphatic carbocycles. The lowest BCUT2D eigenvalue weighted by atomic mass is 9.99. The molecule has 0 saturated heterocycles. The maximum atomic E-state index is 11.9. The fourth-order valence-corrected chi connectivity index (χ4v) is 5.48. The Morgan fingerprint density at radius 3 is 2.32 bits per heavy atom. The molecule has 11 heteroatoms. The van der Waals surface area contributed by atoms with Crippen LogP contribution in [0.1, 0.15) is 0 Å². The molecule has 0 spiro atoms. The van der Waals surface area contributed by atoms with Gasteiger partial charge in [0.05, 0.1) is 28.9 Å². The highest BCUT2D eigenvalue weighted by Crippen LogP contribution is 2.37. The van der Waals surface area contributed by atoms with E-state index in [1.807, 2.05) is 48.7 Å². The minimum absolute atomic E-state index is 0. The van der Waals surface area contributed by atoms with Crippen molar-refractivity contribution < 1.29 is 13.2 Å². The summed E-state index contributed by atoms with van der Waals surface area (Å²) in [4.78, 5) is 9.62. The van der Waals surface area contributed by atoms with Crippen LogP contribution in [0.3, 0.4) is 0 Å². The monoisotopic (exact) mass is 534 g/mol. The van der Waals surface area contributed by atoms with Gasteiger partial charge in [-0.15, -0.1) is 36.2 Å². The second-order valence-corrected chi connectivity index (χ2v) is 10.5. The number of halogens is 2. The van der Waals surface area contributed by atoms with Crippen molar-refractivity contribution in [3.05, 3.63) is 67.1 Å². The minimum atomic E-state index is -3.27. The maximum Gasteiger partial charge on any atom is 0.184 e. The largest absolute Gasteiger partial charge is 0.497 e. The Balaban J connectivity index is 0.00000162. The molecule has 0 aliphatic heterocycles. The van der Waals surface area contributed by atoms with Gasteiger partial charge in [-0.1, -0.05) is 6.07 Å². The Kier molecular flexibility index (Phi) is 7.62. The van der Waals surface area contributed by atoms with Crippen molar-refractivity contribution in [2.45, 2.75) is 4.21 Å². The molecule has 3 heterocycles. The van der Waals surface area contributed by atoms with Crippen LogP contribution in [-0.2, 0) is 9.84 Å². The number of aromatic amines is 1. The van der Waals surface area contributed by atoms with E-state index < -0.39 is 9.84 Å². The predicted molar refractivity (Wildman–Crippen MR) is 140 cm³/mol. The molecule has 176 valence electrons. The number of hydrogen-bond donors (Lipinski definition) is 1. The van der Waals surface area contributed by atoms with E-state index in [9.17, 15) is 8.42 Å². The zero-order valence-electron chi connectivity index (χ0n) is 18.1. The van der Waals surface area contributed by atoms with Gasteiger partial charge in [0.15, 0.2) is 9.84 Å². The topological polar surface area (TPSA) is 97.8 Å². The van der Waals surface area contributed by atoms with Crippen molar-refractivity contribution in [2.75, 3.05) is 13.4 Å². The highest BCUT2D eigenvalue weighted by atomic mass is 35.5. The third kappa shape index (κ3) is 4.78. The van der Waals surface area contributed by atoms with Gasteiger partial charge >= 0.3 is 0 Å². The Bertz CT molecular complexity index is 1550. The first-order valence-corrected chi connectivity index (χ1v) is 12.4. The number of thiophene rings is 1. The van der Waals surface area contributed by atoms with Gasteiger partial charge in [-0.05, 0) is 54.1 Å². The molecular formula is C23H20Cl2N4O3S2. The van der Waals surface area contributed by atoms with E-state index in [2.05, 4.69) is 20.2 Å². The number of methoxy groups -OCH3 is 1. The van der Waals surface area contributed by atoms with Crippen LogP contribution < -0.4 is 4.74 Å². The first kappa shape index (κ1) is 25.6. The molecule has 0 saturated carbocycles. The quantitative estimate of drug-likeness (QED) is 0.311. The lowest BCUT2D eigenvalue weighted by Crippen LogP contribution is -1.92. The first-order valence-electron chi connectivity index (χ1n) is 9.67. The normalized spacial score (nSPS) is 11.0. The highest BCUT2D eigenvalue weighted by molar-refractivity contribution is 7.92. The van der Waals surface area contributed by atoms with Gasteiger partial charge in [0, 0.05) is 29.0 Å². The van der Waals surface area contributed by atoms with Gasteiger partial charge in [-0.25, -0.2) is 18.4 Å². The molecule has 1 N–H and O–H groups in total. The average molecular weight is 535 g/mol. The Morgan fingerprint density at radius 1 is 0.912 bits per heavy atom. The summed E-state index contributed by atoms with van der Waals surface area (Å²) in [6, 6.07) is 17.1. The number of sulfone groups is 1. The number of ether oxygens (including phenoxy) is 1. The van der Waals surface area contributed by atoms with Crippen LogP contribution in [0, 0.1) is 0 Å². The third-order valence-corrected chi connectivity index (χ3v) is 8.04. The zero-order chi connectivity index (χ0) is 22.3. The summed E-state index contributed by atoms with van der Waals surface area (Å²) in [5.41, 5.74) is 5.15. The van der Waals surface area contributed by atoms with Gasteiger partial charge in [0.25, 0.3) is 0 Å². The molecular weight excluding hydrogens is 515 g/mol. The van der Waals surface area contributed by atoms with Crippen molar-refractivity contribution in [2.24, 2.45) is 0 Å². The summed E-state index contributed by atoms with van der Waals surface area (Å²) < 4.78 is 29.4. The molecule has 34 heavy (non-hydrogen) atoms. The SMILES string of the molecule is COc1ccc(-c2n[nH]cc2-c2ccc3ncnc(-c4ccc(S(C)(=O)=O)s4)c3c2)cc1.Cl.Cl. The van der Waals surface area contributed by atoms with Crippen molar-refractivity contribution in [3.63, 3.8) is 0 Å². The van der Waals surface area contributed by atoms with Crippen LogP contribution in [0.2, 0.25) is 0 Å². The number of aromatic nitrogens is 4. The summed E-state index contributed by atoms with van der Waals surface area (Å²) in [6.07, 6.45) is 4.56. The standard InChI is InChI=1S/C23H18N4O3S2.2ClH/c1-30-16-6-3-14(4-7-16)22-18(12-26-27-22)15-5-8-19-17(11-15)23(25-13-24-19)20-9-10-21(31-20)32(2,28)29;;/h3-13H,1-2H3,(H,26,27);2*1H. The number of hydrogen-bond acceptors (Lipinski definition) is 7. The Hall–Kier alpha value is -2.98. The second kappa shape index (κ2) is 10.1. The molecule has 5 rings (SSSR count). The van der Waals surface area contributed by atoms with E-state index in [0.717, 1.165) is 43.9 Å². The summed E-state index contributed by atoms with van der Waals surface area (Å²) >= 11 is 1.21. The fraction of sp³-hybridized carbons (Fsp3) is 0.0870. The molecule has 7 nitrogen and oxygen atoms in total. The zero-order valence-corrected chi connectivity index (χ0v) is 21.3. The smallest absolute Gasteiger partial charge is 0.184 e. The van der Waals surface area contributed by atoms with E-state index in [1.54, 1.807) is 19.2 Å². The number of nitrogens with one attached hydrogen (secondary N) is 1. The van der Waals surface area contributed by atoms with Crippen LogP contribution in [-0.4, -0.2) is 41.9 Å². The van der Waals surface area contributed by atoms with Gasteiger partial charge in [-0.3, -0.25) is 5.10 Å². The van der Waals surface area contributed by atoms with Crippen LogP contribution in [0.15, 0.2) is 71.3 Å². The second-order valence-electron chi connectivity index (χ2n) is 7.22. The summed E-state index contributed by atoms with van der Waals surface area (Å²) in [5, 5.41) is 8.25. The molecule has 3 aromatic heterocycles. The molecule has 2 aromatic carbocycles. The fourth-order valence-electron chi connectivity index (χ4n) is 3.55. The van der Waals surface area contributed by atoms with E-state index in [4.69, 9.17) is 4.74 Å². The Labute approximate surface area is 213 Å². The van der Waals surface area contributed by atoms with E-state index >= 15 is 0 Å². The molecule has 0 amide bonds. The van der Waals surface area contributed by atoms with Gasteiger partial charge in [0.1, 0.15) is 16.3 Å². The number of rotatable bonds is 5. The summed E-state index contributed by atoms with van der Waals surface area (Å²) in [6.45, 7) is 0. The number of fused-ring (bicyclic) bond motifs is 1.